The summed E-state index contributed by atoms with van der Waals surface area (Å²) in [6.45, 7) is 14.8. The minimum atomic E-state index is -0.500. The fourth-order valence-electron chi connectivity index (χ4n) is 5.58. The average Bonchev–Trinajstić information content (AvgIpc) is 2.88. The van der Waals surface area contributed by atoms with Gasteiger partial charge in [0.15, 0.2) is 0 Å². The highest BCUT2D eigenvalue weighted by atomic mass is 16.3. The van der Waals surface area contributed by atoms with Crippen molar-refractivity contribution in [1.82, 2.24) is 0 Å². The maximum absolute atomic E-state index is 8.25. The largest absolute Gasteiger partial charge is 0.554 e. The first-order valence-electron chi connectivity index (χ1n) is 16.6. The molecule has 0 aromatic carbocycles. The fourth-order valence-corrected chi connectivity index (χ4v) is 5.58. The van der Waals surface area contributed by atoms with Crippen molar-refractivity contribution in [1.29, 1.82) is 0 Å². The van der Waals surface area contributed by atoms with Crippen LogP contribution in [-0.2, 0) is 4.79 Å². The Hall–Kier alpha value is -0.570. The van der Waals surface area contributed by atoms with E-state index in [9.17, 15) is 0 Å². The summed E-state index contributed by atoms with van der Waals surface area (Å²) in [5.41, 5.74) is 0. The van der Waals surface area contributed by atoms with E-state index in [1.54, 1.807) is 0 Å². The molecule has 0 unspecified atom stereocenters. The van der Waals surface area contributed by atoms with Crippen molar-refractivity contribution in [2.75, 3.05) is 26.2 Å². The zero-order chi connectivity index (χ0) is 27.0. The number of unbranched alkanes of at least 4 members (excludes halogenated alkanes) is 20. The molecular formula is C33H69NO2. The van der Waals surface area contributed by atoms with Crippen LogP contribution in [0.25, 0.3) is 0 Å². The zero-order valence-electron chi connectivity index (χ0n) is 25.6. The molecule has 0 aromatic heterocycles. The Labute approximate surface area is 228 Å². The summed E-state index contributed by atoms with van der Waals surface area (Å²) in [6, 6.07) is 0. The number of carbonyl (C=O) groups excluding carboxylic acids is 1. The Balaban J connectivity index is 0. The summed E-state index contributed by atoms with van der Waals surface area (Å²) in [5.74, 6) is 0. The molecule has 0 aromatic rings. The van der Waals surface area contributed by atoms with E-state index in [0.29, 0.717) is 0 Å². The molecule has 0 heterocycles. The van der Waals surface area contributed by atoms with Gasteiger partial charge in [-0.1, -0.05) is 130 Å². The summed E-state index contributed by atoms with van der Waals surface area (Å²) in [6.07, 6.45) is 34.8. The molecule has 0 radical (unpaired) electrons. The second-order valence-electron chi connectivity index (χ2n) is 11.4. The number of carbonyl (C=O) groups is 1. The van der Waals surface area contributed by atoms with E-state index in [-0.39, 0.29) is 0 Å². The molecule has 3 heteroatoms. The van der Waals surface area contributed by atoms with Crippen LogP contribution in [0.5, 0.6) is 0 Å². The monoisotopic (exact) mass is 512 g/mol. The van der Waals surface area contributed by atoms with Crippen LogP contribution in [-0.4, -0.2) is 37.1 Å². The van der Waals surface area contributed by atoms with Crippen molar-refractivity contribution in [3.05, 3.63) is 0 Å². The van der Waals surface area contributed by atoms with Crippen molar-refractivity contribution >= 4 is 6.47 Å². The van der Waals surface area contributed by atoms with Gasteiger partial charge in [-0.3, -0.25) is 0 Å². The zero-order valence-corrected chi connectivity index (χ0v) is 25.6. The minimum Gasteiger partial charge on any atom is -0.554 e. The molecule has 0 amide bonds. The number of nitrogens with zero attached hydrogens (tertiary/aromatic N) is 1. The van der Waals surface area contributed by atoms with E-state index >= 15 is 0 Å². The lowest BCUT2D eigenvalue weighted by Gasteiger charge is -2.40. The number of rotatable bonds is 28. The van der Waals surface area contributed by atoms with Crippen LogP contribution in [0.4, 0.5) is 0 Å². The topological polar surface area (TPSA) is 40.1 Å². The average molecular weight is 512 g/mol. The van der Waals surface area contributed by atoms with Crippen molar-refractivity contribution in [2.45, 2.75) is 182 Å². The summed E-state index contributed by atoms with van der Waals surface area (Å²) in [7, 11) is 0. The van der Waals surface area contributed by atoms with Crippen LogP contribution in [0.3, 0.4) is 0 Å². The second kappa shape index (κ2) is 32.5. The first kappa shape index (κ1) is 37.6. The van der Waals surface area contributed by atoms with E-state index in [1.807, 2.05) is 0 Å². The van der Waals surface area contributed by atoms with Gasteiger partial charge in [0.05, 0.1) is 26.2 Å². The molecule has 0 aliphatic heterocycles. The molecule has 0 N–H and O–H groups in total. The number of carboxylic acid groups (broad SMARTS) is 1. The van der Waals surface area contributed by atoms with Crippen molar-refractivity contribution in [3.8, 4) is 0 Å². The molecule has 0 aliphatic rings. The van der Waals surface area contributed by atoms with E-state index in [4.69, 9.17) is 9.90 Å². The summed E-state index contributed by atoms with van der Waals surface area (Å²) in [5, 5.41) is 8.25. The van der Waals surface area contributed by atoms with Gasteiger partial charge in [-0.15, -0.1) is 0 Å². The predicted octanol–water partition coefficient (Wildman–Crippen LogP) is 9.61. The molecule has 0 saturated carbocycles. The molecule has 0 bridgehead atoms. The summed E-state index contributed by atoms with van der Waals surface area (Å²) < 4.78 is 1.48. The predicted molar refractivity (Wildman–Crippen MR) is 159 cm³/mol. The van der Waals surface area contributed by atoms with E-state index in [0.717, 1.165) is 0 Å². The van der Waals surface area contributed by atoms with Crippen LogP contribution >= 0.6 is 0 Å². The lowest BCUT2D eigenvalue weighted by atomic mass is 10.0. The third kappa shape index (κ3) is 28.0. The maximum atomic E-state index is 8.25. The standard InChI is InChI=1S/C32H68N.CH2O2/c1-5-9-13-17-21-25-29-33(30-26-22-18-14-10-6-2,31-27-23-19-15-11-7-3)32-28-24-20-16-12-8-4;2-1-3/h5-32H2,1-4H3;1H,(H,2,3)/q+1;/p-1. The third-order valence-corrected chi connectivity index (χ3v) is 7.94. The van der Waals surface area contributed by atoms with Gasteiger partial charge in [-0.25, -0.2) is 0 Å². The normalized spacial score (nSPS) is 11.3. The van der Waals surface area contributed by atoms with Gasteiger partial charge in [0.1, 0.15) is 0 Å². The van der Waals surface area contributed by atoms with Crippen molar-refractivity contribution < 1.29 is 14.4 Å². The van der Waals surface area contributed by atoms with Gasteiger partial charge in [-0.2, -0.15) is 0 Å². The van der Waals surface area contributed by atoms with Crippen molar-refractivity contribution in [2.24, 2.45) is 0 Å². The smallest absolute Gasteiger partial charge is 0.0786 e. The van der Waals surface area contributed by atoms with E-state index < -0.39 is 6.47 Å². The van der Waals surface area contributed by atoms with Gasteiger partial charge in [0.25, 0.3) is 0 Å². The number of hydrogen-bond acceptors (Lipinski definition) is 2. The number of quaternary nitrogens is 1. The fraction of sp³-hybridized carbons (Fsp3) is 0.970. The lowest BCUT2D eigenvalue weighted by molar-refractivity contribution is -0.929. The Bertz CT molecular complexity index is 330. The third-order valence-electron chi connectivity index (χ3n) is 7.94. The van der Waals surface area contributed by atoms with Gasteiger partial charge in [0.2, 0.25) is 0 Å². The molecule has 218 valence electrons. The van der Waals surface area contributed by atoms with E-state index in [1.165, 1.54) is 185 Å². The molecule has 36 heavy (non-hydrogen) atoms. The molecular weight excluding hydrogens is 442 g/mol. The molecule has 0 spiro atoms. The Kier molecular flexibility index (Phi) is 33.9. The quantitative estimate of drug-likeness (QED) is 0.0596. The van der Waals surface area contributed by atoms with Crippen LogP contribution < -0.4 is 5.11 Å². The lowest BCUT2D eigenvalue weighted by Crippen LogP contribution is -2.50. The Morgan fingerprint density at radius 3 is 0.750 bits per heavy atom. The van der Waals surface area contributed by atoms with Crippen LogP contribution in [0, 0.1) is 0 Å². The van der Waals surface area contributed by atoms with E-state index in [2.05, 4.69) is 27.7 Å². The van der Waals surface area contributed by atoms with Gasteiger partial charge in [0, 0.05) is 6.47 Å². The first-order chi connectivity index (χ1) is 17.7. The van der Waals surface area contributed by atoms with Gasteiger partial charge in [-0.05, 0) is 51.4 Å². The summed E-state index contributed by atoms with van der Waals surface area (Å²) >= 11 is 0. The molecule has 0 atom stereocenters. The van der Waals surface area contributed by atoms with Crippen LogP contribution in [0.15, 0.2) is 0 Å². The second-order valence-corrected chi connectivity index (χ2v) is 11.4. The molecule has 0 rings (SSSR count). The van der Waals surface area contributed by atoms with Crippen LogP contribution in [0.2, 0.25) is 0 Å². The minimum absolute atomic E-state index is 0.500. The molecule has 0 fully saturated rings. The Morgan fingerprint density at radius 1 is 0.389 bits per heavy atom. The van der Waals surface area contributed by atoms with Gasteiger partial charge < -0.3 is 14.4 Å². The molecule has 0 aliphatic carbocycles. The molecule has 0 saturated heterocycles. The maximum Gasteiger partial charge on any atom is 0.0786 e. The Morgan fingerprint density at radius 2 is 0.556 bits per heavy atom. The summed E-state index contributed by atoms with van der Waals surface area (Å²) in [4.78, 5) is 8.25. The van der Waals surface area contributed by atoms with Gasteiger partial charge >= 0.3 is 0 Å². The van der Waals surface area contributed by atoms with Crippen molar-refractivity contribution in [3.63, 3.8) is 0 Å². The van der Waals surface area contributed by atoms with Crippen LogP contribution in [0.1, 0.15) is 182 Å². The SMILES string of the molecule is CCCCCCCC[N+](CCCCCCCC)(CCCCCCCC)CCCCCCCC.O=C[O-]. The highest BCUT2D eigenvalue weighted by Gasteiger charge is 2.25. The highest BCUT2D eigenvalue weighted by molar-refractivity contribution is 5.29. The molecule has 3 nitrogen and oxygen atoms in total. The first-order valence-corrected chi connectivity index (χ1v) is 16.6. The highest BCUT2D eigenvalue weighted by Crippen LogP contribution is 2.20. The number of hydrogen-bond donors (Lipinski definition) is 0.